The molecule has 0 spiro atoms. The summed E-state index contributed by atoms with van der Waals surface area (Å²) in [7, 11) is -1.61. The predicted octanol–water partition coefficient (Wildman–Crippen LogP) is -0.109. The maximum absolute atomic E-state index is 12.3. The highest BCUT2D eigenvalue weighted by molar-refractivity contribution is 7.90. The van der Waals surface area contributed by atoms with Crippen LogP contribution in [0.15, 0.2) is 29.2 Å². The number of aromatic nitrogens is 3. The second-order valence-corrected chi connectivity index (χ2v) is 6.11. The van der Waals surface area contributed by atoms with Gasteiger partial charge in [-0.2, -0.15) is 9.97 Å². The van der Waals surface area contributed by atoms with Crippen LogP contribution < -0.4 is 19.5 Å². The highest BCUT2D eigenvalue weighted by Gasteiger charge is 2.21. The van der Waals surface area contributed by atoms with Gasteiger partial charge in [0.1, 0.15) is 0 Å². The summed E-state index contributed by atoms with van der Waals surface area (Å²) in [6, 6.07) is 4.35. The van der Waals surface area contributed by atoms with Crippen LogP contribution in [0.3, 0.4) is 0 Å². The summed E-state index contributed by atoms with van der Waals surface area (Å²) >= 11 is 0. The first-order chi connectivity index (χ1) is 11.9. The summed E-state index contributed by atoms with van der Waals surface area (Å²) < 4.78 is 36.0. The third kappa shape index (κ3) is 4.51. The zero-order valence-electron chi connectivity index (χ0n) is 13.3. The monoisotopic (exact) mass is 369 g/mol. The first-order valence-corrected chi connectivity index (χ1v) is 8.24. The molecule has 134 valence electrons. The number of anilines is 1. The number of urea groups is 1. The normalized spacial score (nSPS) is 10.8. The summed E-state index contributed by atoms with van der Waals surface area (Å²) in [6.45, 7) is -0.499. The van der Waals surface area contributed by atoms with Gasteiger partial charge in [0.15, 0.2) is 0 Å². The van der Waals surface area contributed by atoms with Gasteiger partial charge in [0.2, 0.25) is 5.95 Å². The van der Waals surface area contributed by atoms with Gasteiger partial charge in [-0.1, -0.05) is 18.2 Å². The largest absolute Gasteiger partial charge is 0.467 e. The van der Waals surface area contributed by atoms with E-state index in [1.165, 1.54) is 32.4 Å². The van der Waals surface area contributed by atoms with Gasteiger partial charge in [0.25, 0.3) is 10.0 Å². The Balaban J connectivity index is 2.19. The maximum atomic E-state index is 12.3. The Hall–Kier alpha value is -2.99. The third-order valence-electron chi connectivity index (χ3n) is 2.84. The molecule has 0 fully saturated rings. The minimum atomic E-state index is -4.21. The van der Waals surface area contributed by atoms with Gasteiger partial charge >= 0.3 is 18.1 Å². The van der Waals surface area contributed by atoms with Crippen molar-refractivity contribution in [3.8, 4) is 12.0 Å². The number of carbonyl (C=O) groups excluding carboxylic acids is 1. The maximum Gasteiger partial charge on any atom is 0.335 e. The molecule has 12 heteroatoms. The zero-order chi connectivity index (χ0) is 18.4. The topological polar surface area (TPSA) is 153 Å². The van der Waals surface area contributed by atoms with Crippen LogP contribution >= 0.6 is 0 Å². The zero-order valence-corrected chi connectivity index (χ0v) is 14.1. The molecule has 0 radical (unpaired) electrons. The molecule has 0 saturated carbocycles. The lowest BCUT2D eigenvalue weighted by atomic mass is 10.2. The number of aliphatic hydroxyl groups excluding tert-OH is 1. The van der Waals surface area contributed by atoms with Crippen LogP contribution in [-0.4, -0.2) is 48.7 Å². The number of ether oxygens (including phenoxy) is 2. The second kappa shape index (κ2) is 7.72. The number of nitrogens with zero attached hydrogens (tertiary/aromatic N) is 3. The Morgan fingerprint density at radius 2 is 1.72 bits per heavy atom. The van der Waals surface area contributed by atoms with Gasteiger partial charge < -0.3 is 14.6 Å². The van der Waals surface area contributed by atoms with E-state index in [1.54, 1.807) is 10.8 Å². The number of carbonyl (C=O) groups is 1. The average molecular weight is 369 g/mol. The van der Waals surface area contributed by atoms with Crippen LogP contribution in [0.2, 0.25) is 0 Å². The minimum absolute atomic E-state index is 0.129. The molecular formula is C13H15N5O6S. The van der Waals surface area contributed by atoms with Gasteiger partial charge in [0.05, 0.1) is 25.7 Å². The highest BCUT2D eigenvalue weighted by Crippen LogP contribution is 2.16. The van der Waals surface area contributed by atoms with E-state index in [0.29, 0.717) is 0 Å². The molecule has 1 heterocycles. The number of sulfonamides is 1. The third-order valence-corrected chi connectivity index (χ3v) is 4.28. The standard InChI is InChI=1S/C13H15N5O6S/c1-23-12-15-10(16-13(17-12)24-2)14-11(20)18-25(21,22)9-6-4-3-5-8(9)7-19/h3-6,19H,7H2,1-2H3,(H2,14,15,16,17,18,20). The number of aliphatic hydroxyl groups is 1. The minimum Gasteiger partial charge on any atom is -0.467 e. The van der Waals surface area contributed by atoms with Gasteiger partial charge in [0, 0.05) is 0 Å². The molecule has 0 atom stereocenters. The molecule has 25 heavy (non-hydrogen) atoms. The molecule has 0 unspecified atom stereocenters. The van der Waals surface area contributed by atoms with Crippen molar-refractivity contribution in [3.63, 3.8) is 0 Å². The van der Waals surface area contributed by atoms with Gasteiger partial charge in [-0.25, -0.2) is 17.9 Å². The fourth-order valence-corrected chi connectivity index (χ4v) is 2.92. The van der Waals surface area contributed by atoms with Crippen molar-refractivity contribution in [2.75, 3.05) is 19.5 Å². The molecule has 0 aliphatic heterocycles. The lowest BCUT2D eigenvalue weighted by Gasteiger charge is -2.11. The second-order valence-electron chi connectivity index (χ2n) is 4.46. The predicted molar refractivity (Wildman–Crippen MR) is 84.6 cm³/mol. The van der Waals surface area contributed by atoms with Crippen molar-refractivity contribution in [1.82, 2.24) is 19.7 Å². The summed E-state index contributed by atoms with van der Waals surface area (Å²) in [4.78, 5) is 23.0. The van der Waals surface area contributed by atoms with Gasteiger partial charge in [-0.05, 0) is 11.6 Å². The average Bonchev–Trinajstić information content (AvgIpc) is 2.60. The molecule has 2 aromatic rings. The van der Waals surface area contributed by atoms with E-state index < -0.39 is 22.7 Å². The smallest absolute Gasteiger partial charge is 0.335 e. The summed E-state index contributed by atoms with van der Waals surface area (Å²) in [5, 5.41) is 11.4. The number of amides is 2. The molecule has 11 nitrogen and oxygen atoms in total. The molecule has 1 aromatic carbocycles. The van der Waals surface area contributed by atoms with E-state index in [1.807, 2.05) is 0 Å². The van der Waals surface area contributed by atoms with E-state index in [0.717, 1.165) is 0 Å². The molecule has 3 N–H and O–H groups in total. The van der Waals surface area contributed by atoms with Gasteiger partial charge in [-0.15, -0.1) is 4.98 Å². The molecule has 0 bridgehead atoms. The van der Waals surface area contributed by atoms with Crippen molar-refractivity contribution < 1.29 is 27.8 Å². The molecular weight excluding hydrogens is 354 g/mol. The Morgan fingerprint density at radius 3 is 2.28 bits per heavy atom. The fraction of sp³-hybridized carbons (Fsp3) is 0.231. The molecule has 2 amide bonds. The first kappa shape index (κ1) is 18.4. The number of nitrogens with one attached hydrogen (secondary N) is 2. The molecule has 2 rings (SSSR count). The Bertz CT molecular complexity index is 851. The fourth-order valence-electron chi connectivity index (χ4n) is 1.78. The van der Waals surface area contributed by atoms with E-state index in [-0.39, 0.29) is 28.4 Å². The van der Waals surface area contributed by atoms with Crippen molar-refractivity contribution in [3.05, 3.63) is 29.8 Å². The molecule has 1 aromatic heterocycles. The molecule has 0 saturated heterocycles. The van der Waals surface area contributed by atoms with E-state index in [4.69, 9.17) is 9.47 Å². The Morgan fingerprint density at radius 1 is 1.12 bits per heavy atom. The quantitative estimate of drug-likeness (QED) is 0.633. The van der Waals surface area contributed by atoms with Gasteiger partial charge in [-0.3, -0.25) is 5.32 Å². The van der Waals surface area contributed by atoms with Crippen molar-refractivity contribution in [1.29, 1.82) is 0 Å². The van der Waals surface area contributed by atoms with E-state index in [2.05, 4.69) is 20.3 Å². The number of rotatable bonds is 6. The van der Waals surface area contributed by atoms with Crippen molar-refractivity contribution >= 4 is 22.0 Å². The summed E-state index contributed by atoms with van der Waals surface area (Å²) in [5.41, 5.74) is 0.145. The highest BCUT2D eigenvalue weighted by atomic mass is 32.2. The van der Waals surface area contributed by atoms with Crippen LogP contribution in [0.5, 0.6) is 12.0 Å². The number of hydrogen-bond acceptors (Lipinski definition) is 9. The summed E-state index contributed by atoms with van der Waals surface area (Å²) in [6.07, 6.45) is 0. The number of hydrogen-bond donors (Lipinski definition) is 3. The van der Waals surface area contributed by atoms with Crippen LogP contribution in [0.4, 0.5) is 10.7 Å². The molecule has 0 aliphatic rings. The summed E-state index contributed by atoms with van der Waals surface area (Å²) in [5.74, 6) is -0.271. The SMILES string of the molecule is COc1nc(NC(=O)NS(=O)(=O)c2ccccc2CO)nc(OC)n1. The first-order valence-electron chi connectivity index (χ1n) is 6.76. The van der Waals surface area contributed by atoms with E-state index in [9.17, 15) is 18.3 Å². The van der Waals surface area contributed by atoms with Crippen LogP contribution in [0, 0.1) is 0 Å². The Labute approximate surface area is 143 Å². The van der Waals surface area contributed by atoms with Crippen LogP contribution in [0.1, 0.15) is 5.56 Å². The number of benzene rings is 1. The molecule has 0 aliphatic carbocycles. The van der Waals surface area contributed by atoms with Crippen LogP contribution in [0.25, 0.3) is 0 Å². The number of methoxy groups -OCH3 is 2. The lowest BCUT2D eigenvalue weighted by molar-refractivity contribution is 0.256. The van der Waals surface area contributed by atoms with Crippen molar-refractivity contribution in [2.45, 2.75) is 11.5 Å². The lowest BCUT2D eigenvalue weighted by Crippen LogP contribution is -2.35. The Kier molecular flexibility index (Phi) is 5.67. The van der Waals surface area contributed by atoms with E-state index >= 15 is 0 Å². The van der Waals surface area contributed by atoms with Crippen molar-refractivity contribution in [2.24, 2.45) is 0 Å². The van der Waals surface area contributed by atoms with Crippen LogP contribution in [-0.2, 0) is 16.6 Å².